The maximum Gasteiger partial charge on any atom is 0.0969 e. The third-order valence-electron chi connectivity index (χ3n) is 5.04. The lowest BCUT2D eigenvalue weighted by Crippen LogP contribution is -2.51. The minimum atomic E-state index is -0.0134. The summed E-state index contributed by atoms with van der Waals surface area (Å²) in [5.74, 6) is 0. The minimum absolute atomic E-state index is 0.0134. The summed E-state index contributed by atoms with van der Waals surface area (Å²) in [5.41, 5.74) is 1.49. The Morgan fingerprint density at radius 1 is 1.52 bits per heavy atom. The zero-order valence-electron chi connectivity index (χ0n) is 13.5. The van der Waals surface area contributed by atoms with Gasteiger partial charge in [-0.05, 0) is 37.8 Å². The first kappa shape index (κ1) is 15.5. The SMILES string of the molecule is CCc1cc2c(s1)CCOC21CCN(CCOC)C(C)C1. The Bertz CT molecular complexity index is 487. The predicted molar refractivity (Wildman–Crippen MR) is 87.2 cm³/mol. The molecule has 3 rings (SSSR count). The lowest BCUT2D eigenvalue weighted by Gasteiger charge is -2.47. The molecule has 0 N–H and O–H groups in total. The normalized spacial score (nSPS) is 29.8. The highest BCUT2D eigenvalue weighted by Gasteiger charge is 2.44. The Kier molecular flexibility index (Phi) is 4.69. The molecule has 2 aliphatic heterocycles. The van der Waals surface area contributed by atoms with Crippen molar-refractivity contribution in [3.05, 3.63) is 21.4 Å². The molecule has 0 aromatic carbocycles. The lowest BCUT2D eigenvalue weighted by atomic mass is 9.79. The van der Waals surface area contributed by atoms with Crippen molar-refractivity contribution >= 4 is 11.3 Å². The molecule has 1 aromatic rings. The van der Waals surface area contributed by atoms with E-state index in [1.54, 1.807) is 12.0 Å². The van der Waals surface area contributed by atoms with Crippen molar-refractivity contribution in [3.63, 3.8) is 0 Å². The molecule has 1 saturated heterocycles. The van der Waals surface area contributed by atoms with Gasteiger partial charge < -0.3 is 9.47 Å². The van der Waals surface area contributed by atoms with E-state index >= 15 is 0 Å². The van der Waals surface area contributed by atoms with Crippen molar-refractivity contribution in [2.24, 2.45) is 0 Å². The van der Waals surface area contributed by atoms with Crippen molar-refractivity contribution < 1.29 is 9.47 Å². The standard InChI is InChI=1S/C17H27NO2S/c1-4-14-11-15-16(21-14)5-9-20-17(15)6-7-18(8-10-19-3)13(2)12-17/h11,13H,4-10,12H2,1-3H3. The molecule has 0 saturated carbocycles. The summed E-state index contributed by atoms with van der Waals surface area (Å²) in [7, 11) is 1.78. The van der Waals surface area contributed by atoms with E-state index in [1.165, 1.54) is 10.4 Å². The number of nitrogens with zero attached hydrogens (tertiary/aromatic N) is 1. The van der Waals surface area contributed by atoms with Crippen LogP contribution in [0.4, 0.5) is 0 Å². The molecule has 1 aromatic heterocycles. The zero-order valence-corrected chi connectivity index (χ0v) is 14.3. The number of methoxy groups -OCH3 is 1. The summed E-state index contributed by atoms with van der Waals surface area (Å²) < 4.78 is 11.6. The quantitative estimate of drug-likeness (QED) is 0.852. The predicted octanol–water partition coefficient (Wildman–Crippen LogP) is 3.21. The molecular formula is C17H27NO2S. The van der Waals surface area contributed by atoms with Crippen LogP contribution in [0.25, 0.3) is 0 Å². The van der Waals surface area contributed by atoms with Gasteiger partial charge in [-0.25, -0.2) is 0 Å². The topological polar surface area (TPSA) is 21.7 Å². The van der Waals surface area contributed by atoms with E-state index in [0.29, 0.717) is 6.04 Å². The number of hydrogen-bond donors (Lipinski definition) is 0. The van der Waals surface area contributed by atoms with E-state index in [0.717, 1.165) is 52.0 Å². The van der Waals surface area contributed by atoms with E-state index in [1.807, 2.05) is 11.3 Å². The number of rotatable bonds is 4. The molecule has 2 unspecified atom stereocenters. The second-order valence-corrected chi connectivity index (χ2v) is 7.55. The fourth-order valence-corrected chi connectivity index (χ4v) is 4.99. The molecule has 1 fully saturated rings. The number of aryl methyl sites for hydroxylation is 1. The van der Waals surface area contributed by atoms with Gasteiger partial charge in [0.15, 0.2) is 0 Å². The van der Waals surface area contributed by atoms with Crippen molar-refractivity contribution in [2.75, 3.05) is 33.4 Å². The van der Waals surface area contributed by atoms with Crippen LogP contribution in [0, 0.1) is 0 Å². The van der Waals surface area contributed by atoms with Crippen LogP contribution in [-0.2, 0) is 27.9 Å². The average molecular weight is 309 g/mol. The van der Waals surface area contributed by atoms with Crippen LogP contribution in [0.15, 0.2) is 6.07 Å². The molecule has 1 spiro atoms. The summed E-state index contributed by atoms with van der Waals surface area (Å²) in [4.78, 5) is 5.63. The van der Waals surface area contributed by atoms with Crippen LogP contribution in [0.2, 0.25) is 0 Å². The molecule has 21 heavy (non-hydrogen) atoms. The molecule has 0 amide bonds. The summed E-state index contributed by atoms with van der Waals surface area (Å²) in [5, 5.41) is 0. The first-order chi connectivity index (χ1) is 10.2. The van der Waals surface area contributed by atoms with Crippen LogP contribution >= 0.6 is 11.3 Å². The molecule has 2 aliphatic rings. The highest BCUT2D eigenvalue weighted by atomic mass is 32.1. The number of ether oxygens (including phenoxy) is 2. The largest absolute Gasteiger partial charge is 0.383 e. The summed E-state index contributed by atoms with van der Waals surface area (Å²) in [6, 6.07) is 2.99. The molecular weight excluding hydrogens is 282 g/mol. The first-order valence-electron chi connectivity index (χ1n) is 8.17. The van der Waals surface area contributed by atoms with Gasteiger partial charge >= 0.3 is 0 Å². The van der Waals surface area contributed by atoms with Gasteiger partial charge in [-0.3, -0.25) is 4.90 Å². The number of piperidine rings is 1. The van der Waals surface area contributed by atoms with Crippen LogP contribution in [0.3, 0.4) is 0 Å². The zero-order chi connectivity index (χ0) is 14.9. The van der Waals surface area contributed by atoms with Crippen molar-refractivity contribution in [1.82, 2.24) is 4.90 Å². The Morgan fingerprint density at radius 2 is 2.38 bits per heavy atom. The third kappa shape index (κ3) is 2.91. The van der Waals surface area contributed by atoms with Gasteiger partial charge in [0.1, 0.15) is 0 Å². The highest BCUT2D eigenvalue weighted by molar-refractivity contribution is 7.12. The Hall–Kier alpha value is -0.420. The van der Waals surface area contributed by atoms with Crippen molar-refractivity contribution in [3.8, 4) is 0 Å². The smallest absolute Gasteiger partial charge is 0.0969 e. The number of thiophene rings is 1. The molecule has 2 atom stereocenters. The molecule has 4 heteroatoms. The van der Waals surface area contributed by atoms with Gasteiger partial charge in [-0.15, -0.1) is 11.3 Å². The van der Waals surface area contributed by atoms with E-state index in [-0.39, 0.29) is 5.60 Å². The second-order valence-electron chi connectivity index (χ2n) is 6.33. The molecule has 3 heterocycles. The monoisotopic (exact) mass is 309 g/mol. The summed E-state index contributed by atoms with van der Waals surface area (Å²) in [6.07, 6.45) is 4.48. The maximum absolute atomic E-state index is 6.36. The number of hydrogen-bond acceptors (Lipinski definition) is 4. The highest BCUT2D eigenvalue weighted by Crippen LogP contribution is 2.46. The van der Waals surface area contributed by atoms with E-state index in [9.17, 15) is 0 Å². The van der Waals surface area contributed by atoms with Crippen molar-refractivity contribution in [2.45, 2.75) is 51.2 Å². The first-order valence-corrected chi connectivity index (χ1v) is 8.99. The van der Waals surface area contributed by atoms with E-state index in [2.05, 4.69) is 24.8 Å². The maximum atomic E-state index is 6.36. The average Bonchev–Trinajstić information content (AvgIpc) is 2.92. The summed E-state index contributed by atoms with van der Waals surface area (Å²) in [6.45, 7) is 8.44. The number of fused-ring (bicyclic) bond motifs is 2. The molecule has 0 aliphatic carbocycles. The van der Waals surface area contributed by atoms with Gasteiger partial charge in [0.2, 0.25) is 0 Å². The number of likely N-dealkylation sites (tertiary alicyclic amines) is 1. The van der Waals surface area contributed by atoms with E-state index < -0.39 is 0 Å². The van der Waals surface area contributed by atoms with Gasteiger partial charge in [0.25, 0.3) is 0 Å². The van der Waals surface area contributed by atoms with Crippen LogP contribution in [-0.4, -0.2) is 44.4 Å². The van der Waals surface area contributed by atoms with Gasteiger partial charge in [-0.2, -0.15) is 0 Å². The Morgan fingerprint density at radius 3 is 3.10 bits per heavy atom. The Labute approximate surface area is 132 Å². The third-order valence-corrected chi connectivity index (χ3v) is 6.38. The molecule has 0 radical (unpaired) electrons. The summed E-state index contributed by atoms with van der Waals surface area (Å²) >= 11 is 2.01. The molecule has 0 bridgehead atoms. The molecule has 3 nitrogen and oxygen atoms in total. The van der Waals surface area contributed by atoms with Crippen LogP contribution in [0.1, 0.15) is 42.0 Å². The fourth-order valence-electron chi connectivity index (χ4n) is 3.82. The molecule has 118 valence electrons. The Balaban J connectivity index is 1.79. The van der Waals surface area contributed by atoms with Gasteiger partial charge in [0, 0.05) is 42.4 Å². The van der Waals surface area contributed by atoms with Crippen LogP contribution in [0.5, 0.6) is 0 Å². The fraction of sp³-hybridized carbons (Fsp3) is 0.765. The lowest BCUT2D eigenvalue weighted by molar-refractivity contribution is -0.112. The van der Waals surface area contributed by atoms with E-state index in [4.69, 9.17) is 9.47 Å². The minimum Gasteiger partial charge on any atom is -0.383 e. The van der Waals surface area contributed by atoms with Crippen LogP contribution < -0.4 is 0 Å². The van der Waals surface area contributed by atoms with Gasteiger partial charge in [0.05, 0.1) is 18.8 Å². The van der Waals surface area contributed by atoms with Gasteiger partial charge in [-0.1, -0.05) is 6.92 Å². The second kappa shape index (κ2) is 6.37. The van der Waals surface area contributed by atoms with Crippen molar-refractivity contribution in [1.29, 1.82) is 0 Å².